The minimum absolute atomic E-state index is 0.238. The van der Waals surface area contributed by atoms with Gasteiger partial charge in [-0.05, 0) is 6.07 Å². The molecule has 3 rings (SSSR count). The Morgan fingerprint density at radius 1 is 1.19 bits per heavy atom. The Labute approximate surface area is 154 Å². The van der Waals surface area contributed by atoms with E-state index in [1.165, 1.54) is 20.3 Å². The van der Waals surface area contributed by atoms with E-state index in [2.05, 4.69) is 10.4 Å². The van der Waals surface area contributed by atoms with Crippen LogP contribution in [0.15, 0.2) is 47.4 Å². The Kier molecular flexibility index (Phi) is 5.09. The topological polar surface area (TPSA) is 82.5 Å². The lowest BCUT2D eigenvalue weighted by Crippen LogP contribution is -2.29. The number of nitrogens with zero attached hydrogens (tertiary/aromatic N) is 2. The molecule has 0 saturated heterocycles. The maximum Gasteiger partial charge on any atom is 0.275 e. The first-order valence-electron chi connectivity index (χ1n) is 7.69. The van der Waals surface area contributed by atoms with Crippen molar-refractivity contribution in [3.05, 3.63) is 58.0 Å². The number of fused-ring (bicyclic) bond motifs is 1. The Bertz CT molecular complexity index is 1030. The first-order valence-corrected chi connectivity index (χ1v) is 8.07. The van der Waals surface area contributed by atoms with Crippen molar-refractivity contribution in [1.82, 2.24) is 9.78 Å². The Balaban J connectivity index is 1.86. The molecule has 2 aromatic carbocycles. The number of carbonyl (C=O) groups is 1. The van der Waals surface area contributed by atoms with Crippen LogP contribution in [0.25, 0.3) is 10.8 Å². The maximum atomic E-state index is 12.4. The molecule has 26 heavy (non-hydrogen) atoms. The monoisotopic (exact) mass is 373 g/mol. The van der Waals surface area contributed by atoms with Gasteiger partial charge in [-0.15, -0.1) is 0 Å². The van der Waals surface area contributed by atoms with Gasteiger partial charge in [-0.2, -0.15) is 5.10 Å². The van der Waals surface area contributed by atoms with Crippen molar-refractivity contribution in [2.45, 2.75) is 6.54 Å². The van der Waals surface area contributed by atoms with Gasteiger partial charge in [-0.25, -0.2) is 4.68 Å². The number of hydrogen-bond donors (Lipinski definition) is 1. The van der Waals surface area contributed by atoms with Crippen LogP contribution in [0.1, 0.15) is 0 Å². The van der Waals surface area contributed by atoms with E-state index in [1.807, 2.05) is 6.07 Å². The van der Waals surface area contributed by atoms with Crippen molar-refractivity contribution < 1.29 is 14.3 Å². The van der Waals surface area contributed by atoms with E-state index in [1.54, 1.807) is 30.5 Å². The van der Waals surface area contributed by atoms with Crippen LogP contribution in [0.2, 0.25) is 5.02 Å². The number of amides is 1. The van der Waals surface area contributed by atoms with Crippen molar-refractivity contribution in [2.24, 2.45) is 0 Å². The zero-order valence-corrected chi connectivity index (χ0v) is 14.9. The highest BCUT2D eigenvalue weighted by molar-refractivity contribution is 6.32. The molecule has 0 atom stereocenters. The van der Waals surface area contributed by atoms with Crippen LogP contribution in [0.3, 0.4) is 0 Å². The molecule has 0 aliphatic heterocycles. The van der Waals surface area contributed by atoms with E-state index in [-0.39, 0.29) is 12.1 Å². The van der Waals surface area contributed by atoms with Crippen molar-refractivity contribution in [2.75, 3.05) is 19.5 Å². The van der Waals surface area contributed by atoms with Gasteiger partial charge in [0.1, 0.15) is 18.0 Å². The zero-order valence-electron chi connectivity index (χ0n) is 14.2. The van der Waals surface area contributed by atoms with Crippen molar-refractivity contribution in [3.63, 3.8) is 0 Å². The van der Waals surface area contributed by atoms with Gasteiger partial charge >= 0.3 is 0 Å². The van der Waals surface area contributed by atoms with E-state index in [0.29, 0.717) is 27.6 Å². The van der Waals surface area contributed by atoms with Gasteiger partial charge in [0.2, 0.25) is 5.91 Å². The number of anilines is 1. The van der Waals surface area contributed by atoms with Crippen LogP contribution >= 0.6 is 11.6 Å². The molecule has 7 nitrogen and oxygen atoms in total. The fourth-order valence-corrected chi connectivity index (χ4v) is 2.76. The summed E-state index contributed by atoms with van der Waals surface area (Å²) >= 11 is 6.05. The number of methoxy groups -OCH3 is 2. The molecule has 1 aromatic heterocycles. The first-order chi connectivity index (χ1) is 12.5. The van der Waals surface area contributed by atoms with Crippen molar-refractivity contribution in [1.29, 1.82) is 0 Å². The zero-order chi connectivity index (χ0) is 18.7. The minimum Gasteiger partial charge on any atom is -0.495 e. The molecular weight excluding hydrogens is 358 g/mol. The highest BCUT2D eigenvalue weighted by Gasteiger charge is 2.14. The Morgan fingerprint density at radius 3 is 2.65 bits per heavy atom. The largest absolute Gasteiger partial charge is 0.495 e. The van der Waals surface area contributed by atoms with Gasteiger partial charge in [0.15, 0.2) is 0 Å². The fourth-order valence-electron chi connectivity index (χ4n) is 2.52. The van der Waals surface area contributed by atoms with E-state index in [0.717, 1.165) is 10.1 Å². The summed E-state index contributed by atoms with van der Waals surface area (Å²) in [6.45, 7) is -0.238. The summed E-state index contributed by atoms with van der Waals surface area (Å²) in [6, 6.07) is 10.2. The molecule has 0 unspecified atom stereocenters. The SMILES string of the molecule is COc1cc(NC(=O)Cn2ncc3ccccc3c2=O)c(OC)cc1Cl. The second-order valence-corrected chi connectivity index (χ2v) is 5.84. The second-order valence-electron chi connectivity index (χ2n) is 5.43. The third-order valence-corrected chi connectivity index (χ3v) is 4.10. The molecule has 0 aliphatic carbocycles. The molecule has 1 N–H and O–H groups in total. The highest BCUT2D eigenvalue weighted by Crippen LogP contribution is 2.35. The molecule has 0 radical (unpaired) electrons. The van der Waals surface area contributed by atoms with Crippen molar-refractivity contribution in [3.8, 4) is 11.5 Å². The fraction of sp³-hybridized carbons (Fsp3) is 0.167. The second kappa shape index (κ2) is 7.45. The number of benzene rings is 2. The van der Waals surface area contributed by atoms with Gasteiger partial charge in [0, 0.05) is 17.5 Å². The molecule has 3 aromatic rings. The number of hydrogen-bond acceptors (Lipinski definition) is 5. The van der Waals surface area contributed by atoms with E-state index < -0.39 is 5.91 Å². The van der Waals surface area contributed by atoms with Crippen LogP contribution in [-0.2, 0) is 11.3 Å². The van der Waals surface area contributed by atoms with Crippen LogP contribution in [0.5, 0.6) is 11.5 Å². The standard InChI is InChI=1S/C18H16ClN3O4/c1-25-15-8-14(16(26-2)7-13(15)19)21-17(23)10-22-18(24)12-6-4-3-5-11(12)9-20-22/h3-9H,10H2,1-2H3,(H,21,23). The highest BCUT2D eigenvalue weighted by atomic mass is 35.5. The summed E-state index contributed by atoms with van der Waals surface area (Å²) in [6.07, 6.45) is 1.55. The molecule has 0 aliphatic rings. The molecule has 1 heterocycles. The van der Waals surface area contributed by atoms with Crippen LogP contribution in [0.4, 0.5) is 5.69 Å². The molecule has 134 valence electrons. The van der Waals surface area contributed by atoms with Crippen LogP contribution < -0.4 is 20.3 Å². The summed E-state index contributed by atoms with van der Waals surface area (Å²) in [7, 11) is 2.93. The van der Waals surface area contributed by atoms with Gasteiger partial charge in [-0.1, -0.05) is 29.8 Å². The first kappa shape index (κ1) is 17.8. The van der Waals surface area contributed by atoms with Gasteiger partial charge in [0.05, 0.1) is 36.5 Å². The van der Waals surface area contributed by atoms with Crippen LogP contribution in [-0.4, -0.2) is 29.9 Å². The summed E-state index contributed by atoms with van der Waals surface area (Å²) < 4.78 is 11.5. The molecule has 0 bridgehead atoms. The molecule has 1 amide bonds. The lowest BCUT2D eigenvalue weighted by Gasteiger charge is -2.13. The summed E-state index contributed by atoms with van der Waals surface area (Å²) in [5.74, 6) is 0.337. The summed E-state index contributed by atoms with van der Waals surface area (Å²) in [4.78, 5) is 24.8. The number of rotatable bonds is 5. The third kappa shape index (κ3) is 3.48. The predicted molar refractivity (Wildman–Crippen MR) is 99.2 cm³/mol. The number of carbonyl (C=O) groups excluding carboxylic acids is 1. The number of halogens is 1. The lowest BCUT2D eigenvalue weighted by molar-refractivity contribution is -0.117. The molecule has 8 heteroatoms. The average Bonchev–Trinajstić information content (AvgIpc) is 2.65. The van der Waals surface area contributed by atoms with Crippen molar-refractivity contribution >= 4 is 34.0 Å². The normalized spacial score (nSPS) is 10.6. The van der Waals surface area contributed by atoms with E-state index in [9.17, 15) is 9.59 Å². The van der Waals surface area contributed by atoms with Gasteiger partial charge < -0.3 is 14.8 Å². The van der Waals surface area contributed by atoms with E-state index >= 15 is 0 Å². The number of ether oxygens (including phenoxy) is 2. The average molecular weight is 374 g/mol. The summed E-state index contributed by atoms with van der Waals surface area (Å²) in [5.41, 5.74) is 0.0477. The maximum absolute atomic E-state index is 12.4. The number of nitrogens with one attached hydrogen (secondary N) is 1. The predicted octanol–water partition coefficient (Wildman–Crippen LogP) is 2.71. The van der Waals surface area contributed by atoms with E-state index in [4.69, 9.17) is 21.1 Å². The molecule has 0 spiro atoms. The Morgan fingerprint density at radius 2 is 1.92 bits per heavy atom. The smallest absolute Gasteiger partial charge is 0.275 e. The van der Waals surface area contributed by atoms with Gasteiger partial charge in [0.25, 0.3) is 5.56 Å². The number of aromatic nitrogens is 2. The van der Waals surface area contributed by atoms with Gasteiger partial charge in [-0.3, -0.25) is 9.59 Å². The Hall–Kier alpha value is -3.06. The molecule has 0 fully saturated rings. The third-order valence-electron chi connectivity index (χ3n) is 3.80. The van der Waals surface area contributed by atoms with Crippen LogP contribution in [0, 0.1) is 0 Å². The lowest BCUT2D eigenvalue weighted by atomic mass is 10.2. The quantitative estimate of drug-likeness (QED) is 0.743. The molecule has 0 saturated carbocycles. The molecular formula is C18H16ClN3O4. The summed E-state index contributed by atoms with van der Waals surface area (Å²) in [5, 5.41) is 8.31. The minimum atomic E-state index is -0.433.